The molecule has 0 N–H and O–H groups in total. The smallest absolute Gasteiger partial charge is 0.362 e. The summed E-state index contributed by atoms with van der Waals surface area (Å²) in [5, 5.41) is 11.2. The Morgan fingerprint density at radius 2 is 1.71 bits per heavy atom. The van der Waals surface area contributed by atoms with Crippen molar-refractivity contribution >= 4 is 17.3 Å². The van der Waals surface area contributed by atoms with Gasteiger partial charge in [-0.3, -0.25) is 14.9 Å². The fourth-order valence-electron chi connectivity index (χ4n) is 3.23. The third kappa shape index (κ3) is 4.41. The monoisotopic (exact) mass is 393 g/mol. The average Bonchev–Trinajstić information content (AvgIpc) is 2.67. The molecule has 28 heavy (non-hydrogen) atoms. The van der Waals surface area contributed by atoms with Crippen molar-refractivity contribution in [3.8, 4) is 0 Å². The lowest BCUT2D eigenvalue weighted by Crippen LogP contribution is -2.49. The molecule has 0 aliphatic carbocycles. The number of nitrogens with zero attached hydrogens (tertiary/aromatic N) is 3. The maximum Gasteiger partial charge on any atom is 0.416 e. The minimum atomic E-state index is -4.45. The second kappa shape index (κ2) is 7.87. The standard InChI is InChI=1S/C19H18F3N3O3/c20-19(21,22)15-5-3-4-14(12-15)13-18(26)24-10-8-23(9-11-24)16-6-1-2-7-17(16)25(27)28/h1-7,12H,8-11,13H2. The number of para-hydroxylation sites is 2. The first-order valence-electron chi connectivity index (χ1n) is 8.68. The van der Waals surface area contributed by atoms with Crippen molar-refractivity contribution in [3.05, 3.63) is 69.8 Å². The third-order valence-electron chi connectivity index (χ3n) is 4.66. The van der Waals surface area contributed by atoms with Gasteiger partial charge in [-0.05, 0) is 17.7 Å². The van der Waals surface area contributed by atoms with Crippen molar-refractivity contribution in [2.75, 3.05) is 31.1 Å². The van der Waals surface area contributed by atoms with E-state index < -0.39 is 16.7 Å². The van der Waals surface area contributed by atoms with E-state index in [1.54, 1.807) is 23.1 Å². The van der Waals surface area contributed by atoms with Gasteiger partial charge in [0, 0.05) is 32.2 Å². The fraction of sp³-hybridized carbons (Fsp3) is 0.316. The van der Waals surface area contributed by atoms with E-state index in [0.717, 1.165) is 12.1 Å². The fourth-order valence-corrected chi connectivity index (χ4v) is 3.23. The summed E-state index contributed by atoms with van der Waals surface area (Å²) in [7, 11) is 0. The van der Waals surface area contributed by atoms with Crippen LogP contribution >= 0.6 is 0 Å². The van der Waals surface area contributed by atoms with Gasteiger partial charge in [0.2, 0.25) is 5.91 Å². The molecule has 1 heterocycles. The minimum absolute atomic E-state index is 0.00578. The van der Waals surface area contributed by atoms with E-state index in [9.17, 15) is 28.1 Å². The zero-order valence-electron chi connectivity index (χ0n) is 14.9. The molecule has 0 saturated carbocycles. The molecule has 0 bridgehead atoms. The van der Waals surface area contributed by atoms with Crippen LogP contribution in [0.25, 0.3) is 0 Å². The number of piperazine rings is 1. The quantitative estimate of drug-likeness (QED) is 0.589. The van der Waals surface area contributed by atoms with Crippen molar-refractivity contribution in [2.45, 2.75) is 12.6 Å². The van der Waals surface area contributed by atoms with E-state index in [-0.39, 0.29) is 18.0 Å². The lowest BCUT2D eigenvalue weighted by molar-refractivity contribution is -0.384. The highest BCUT2D eigenvalue weighted by Gasteiger charge is 2.31. The van der Waals surface area contributed by atoms with E-state index in [4.69, 9.17) is 0 Å². The predicted molar refractivity (Wildman–Crippen MR) is 97.0 cm³/mol. The number of nitro benzene ring substituents is 1. The highest BCUT2D eigenvalue weighted by Crippen LogP contribution is 2.30. The second-order valence-electron chi connectivity index (χ2n) is 6.49. The molecule has 2 aromatic carbocycles. The highest BCUT2D eigenvalue weighted by molar-refractivity contribution is 5.79. The molecule has 0 unspecified atom stereocenters. The Bertz CT molecular complexity index is 878. The third-order valence-corrected chi connectivity index (χ3v) is 4.66. The van der Waals surface area contributed by atoms with Gasteiger partial charge in [0.1, 0.15) is 5.69 Å². The maximum atomic E-state index is 12.8. The molecule has 6 nitrogen and oxygen atoms in total. The predicted octanol–water partition coefficient (Wildman–Crippen LogP) is 3.50. The van der Waals surface area contributed by atoms with Crippen molar-refractivity contribution in [3.63, 3.8) is 0 Å². The van der Waals surface area contributed by atoms with Crippen LogP contribution in [0.1, 0.15) is 11.1 Å². The Balaban J connectivity index is 1.63. The number of hydrogen-bond donors (Lipinski definition) is 0. The van der Waals surface area contributed by atoms with Crippen molar-refractivity contribution in [1.29, 1.82) is 0 Å². The zero-order chi connectivity index (χ0) is 20.3. The first-order valence-corrected chi connectivity index (χ1v) is 8.68. The molecule has 0 aromatic heterocycles. The first kappa shape index (κ1) is 19.7. The molecule has 2 aromatic rings. The van der Waals surface area contributed by atoms with Crippen LogP contribution < -0.4 is 4.90 Å². The molecule has 1 saturated heterocycles. The molecule has 3 rings (SSSR count). The van der Waals surface area contributed by atoms with Gasteiger partial charge in [-0.15, -0.1) is 0 Å². The number of benzene rings is 2. The van der Waals surface area contributed by atoms with Gasteiger partial charge in [-0.25, -0.2) is 0 Å². The lowest BCUT2D eigenvalue weighted by atomic mass is 10.1. The zero-order valence-corrected chi connectivity index (χ0v) is 14.9. The summed E-state index contributed by atoms with van der Waals surface area (Å²) >= 11 is 0. The summed E-state index contributed by atoms with van der Waals surface area (Å²) in [5.41, 5.74) is 0.0312. The molecule has 0 spiro atoms. The molecule has 0 radical (unpaired) electrons. The molecule has 9 heteroatoms. The Hall–Kier alpha value is -3.10. The molecule has 1 amide bonds. The Labute approximate surface area is 159 Å². The van der Waals surface area contributed by atoms with Crippen LogP contribution in [-0.2, 0) is 17.4 Å². The topological polar surface area (TPSA) is 66.7 Å². The van der Waals surface area contributed by atoms with Gasteiger partial charge >= 0.3 is 6.18 Å². The SMILES string of the molecule is O=C(Cc1cccc(C(F)(F)F)c1)N1CCN(c2ccccc2[N+](=O)[O-])CC1. The van der Waals surface area contributed by atoms with E-state index >= 15 is 0 Å². The minimum Gasteiger partial charge on any atom is -0.362 e. The van der Waals surface area contributed by atoms with E-state index in [1.165, 1.54) is 18.2 Å². The van der Waals surface area contributed by atoms with Crippen molar-refractivity contribution < 1.29 is 22.9 Å². The van der Waals surface area contributed by atoms with Crippen LogP contribution in [0.2, 0.25) is 0 Å². The van der Waals surface area contributed by atoms with Crippen LogP contribution in [-0.4, -0.2) is 41.9 Å². The first-order chi connectivity index (χ1) is 13.3. The lowest BCUT2D eigenvalue weighted by Gasteiger charge is -2.35. The van der Waals surface area contributed by atoms with Gasteiger partial charge in [0.15, 0.2) is 0 Å². The van der Waals surface area contributed by atoms with Crippen molar-refractivity contribution in [2.24, 2.45) is 0 Å². The van der Waals surface area contributed by atoms with Gasteiger partial charge in [0.05, 0.1) is 16.9 Å². The number of anilines is 1. The number of alkyl halides is 3. The molecule has 1 aliphatic rings. The molecular weight excluding hydrogens is 375 g/mol. The summed E-state index contributed by atoms with van der Waals surface area (Å²) in [5.74, 6) is -0.262. The number of amides is 1. The van der Waals surface area contributed by atoms with E-state index in [1.807, 2.05) is 4.90 Å². The molecule has 1 fully saturated rings. The Morgan fingerprint density at radius 1 is 1.04 bits per heavy atom. The summed E-state index contributed by atoms with van der Waals surface area (Å²) in [6.07, 6.45) is -4.56. The van der Waals surface area contributed by atoms with E-state index in [0.29, 0.717) is 37.4 Å². The second-order valence-corrected chi connectivity index (χ2v) is 6.49. The molecule has 0 atom stereocenters. The molecular formula is C19H18F3N3O3. The summed E-state index contributed by atoms with van der Waals surface area (Å²) in [6, 6.07) is 11.2. The van der Waals surface area contributed by atoms with Crippen LogP contribution in [0, 0.1) is 10.1 Å². The van der Waals surface area contributed by atoms with Crippen LogP contribution in [0.4, 0.5) is 24.5 Å². The Morgan fingerprint density at radius 3 is 2.36 bits per heavy atom. The number of rotatable bonds is 4. The largest absolute Gasteiger partial charge is 0.416 e. The van der Waals surface area contributed by atoms with Crippen LogP contribution in [0.5, 0.6) is 0 Å². The number of carbonyl (C=O) groups is 1. The van der Waals surface area contributed by atoms with Gasteiger partial charge in [0.25, 0.3) is 5.69 Å². The highest BCUT2D eigenvalue weighted by atomic mass is 19.4. The van der Waals surface area contributed by atoms with Gasteiger partial charge < -0.3 is 9.80 Å². The van der Waals surface area contributed by atoms with Crippen LogP contribution in [0.15, 0.2) is 48.5 Å². The normalized spacial score (nSPS) is 14.8. The number of nitro groups is 1. The van der Waals surface area contributed by atoms with E-state index in [2.05, 4.69) is 0 Å². The molecule has 1 aliphatic heterocycles. The number of carbonyl (C=O) groups excluding carboxylic acids is 1. The average molecular weight is 393 g/mol. The van der Waals surface area contributed by atoms with Gasteiger partial charge in [-0.2, -0.15) is 13.2 Å². The summed E-state index contributed by atoms with van der Waals surface area (Å²) < 4.78 is 38.4. The molecule has 148 valence electrons. The maximum absolute atomic E-state index is 12.8. The number of halogens is 3. The Kier molecular flexibility index (Phi) is 5.53. The summed E-state index contributed by atoms with van der Waals surface area (Å²) in [6.45, 7) is 1.53. The van der Waals surface area contributed by atoms with Crippen molar-refractivity contribution in [1.82, 2.24) is 4.90 Å². The van der Waals surface area contributed by atoms with Crippen LogP contribution in [0.3, 0.4) is 0 Å². The number of hydrogen-bond acceptors (Lipinski definition) is 4. The summed E-state index contributed by atoms with van der Waals surface area (Å²) in [4.78, 5) is 26.6. The van der Waals surface area contributed by atoms with Gasteiger partial charge in [-0.1, -0.05) is 30.3 Å².